The third-order valence-corrected chi connectivity index (χ3v) is 8.07. The van der Waals surface area contributed by atoms with Gasteiger partial charge in [-0.05, 0) is 92.9 Å². The van der Waals surface area contributed by atoms with Gasteiger partial charge in [-0.25, -0.2) is 9.48 Å². The van der Waals surface area contributed by atoms with Crippen LogP contribution in [0.3, 0.4) is 0 Å². The molecule has 4 bridgehead atoms. The summed E-state index contributed by atoms with van der Waals surface area (Å²) in [5.41, 5.74) is 3.09. The first kappa shape index (κ1) is 19.1. The monoisotopic (exact) mass is 419 g/mol. The number of carbonyl (C=O) groups excluding carboxylic acids is 2. The number of ether oxygens (including phenoxy) is 1. The average Bonchev–Trinajstić information content (AvgIpc) is 3.52. The molecule has 0 atom stereocenters. The summed E-state index contributed by atoms with van der Waals surface area (Å²) in [6.07, 6.45) is 10.5. The van der Waals surface area contributed by atoms with Gasteiger partial charge in [0.2, 0.25) is 0 Å². The third-order valence-electron chi connectivity index (χ3n) is 8.07. The van der Waals surface area contributed by atoms with Gasteiger partial charge in [0.15, 0.2) is 0 Å². The Bertz CT molecular complexity index is 993. The number of nitrogens with zero attached hydrogens (tertiary/aromatic N) is 2. The van der Waals surface area contributed by atoms with Gasteiger partial charge in [-0.1, -0.05) is 0 Å². The van der Waals surface area contributed by atoms with Gasteiger partial charge in [0.25, 0.3) is 5.91 Å². The molecule has 0 spiro atoms. The van der Waals surface area contributed by atoms with Crippen LogP contribution in [0.2, 0.25) is 0 Å². The summed E-state index contributed by atoms with van der Waals surface area (Å²) >= 11 is 0. The summed E-state index contributed by atoms with van der Waals surface area (Å²) in [5.74, 6) is 3.17. The van der Waals surface area contributed by atoms with Crippen LogP contribution in [0.1, 0.15) is 77.3 Å². The Morgan fingerprint density at radius 1 is 1.00 bits per heavy atom. The van der Waals surface area contributed by atoms with Gasteiger partial charge in [-0.2, -0.15) is 5.10 Å². The standard InChI is InChI=1S/C25H29N3O3/c1-31-25(30)17-4-6-20(7-5-17)28-23(16-2-3-16)21(13-26-28)24(29)27-22-18-9-14-8-15(11-18)12-19(22)10-14/h4-7,13-16,18-19,22H,2-3,8-12H2,1H3,(H,27,29). The van der Waals surface area contributed by atoms with Gasteiger partial charge in [-0.15, -0.1) is 0 Å². The van der Waals surface area contributed by atoms with E-state index in [-0.39, 0.29) is 11.9 Å². The van der Waals surface area contributed by atoms with Crippen molar-refractivity contribution in [3.63, 3.8) is 0 Å². The van der Waals surface area contributed by atoms with E-state index in [9.17, 15) is 9.59 Å². The number of esters is 1. The Balaban J connectivity index is 1.26. The number of hydrogen-bond donors (Lipinski definition) is 1. The first-order valence-electron chi connectivity index (χ1n) is 11.7. The first-order valence-corrected chi connectivity index (χ1v) is 11.7. The van der Waals surface area contributed by atoms with E-state index in [1.54, 1.807) is 18.3 Å². The van der Waals surface area contributed by atoms with Gasteiger partial charge in [0, 0.05) is 12.0 Å². The maximum Gasteiger partial charge on any atom is 0.337 e. The van der Waals surface area contributed by atoms with Gasteiger partial charge >= 0.3 is 5.97 Å². The molecule has 0 aliphatic heterocycles. The maximum atomic E-state index is 13.4. The lowest BCUT2D eigenvalue weighted by Crippen LogP contribution is -2.55. The molecule has 0 saturated heterocycles. The Hall–Kier alpha value is -2.63. The van der Waals surface area contributed by atoms with E-state index in [0.717, 1.165) is 36.1 Å². The molecule has 6 nitrogen and oxygen atoms in total. The fourth-order valence-corrected chi connectivity index (χ4v) is 6.73. The van der Waals surface area contributed by atoms with Crippen molar-refractivity contribution in [2.45, 2.75) is 56.9 Å². The molecule has 5 fully saturated rings. The minimum atomic E-state index is -0.356. The molecule has 1 aromatic carbocycles. The molecule has 7 rings (SSSR count). The number of benzene rings is 1. The van der Waals surface area contributed by atoms with Crippen LogP contribution in [0, 0.1) is 23.7 Å². The highest BCUT2D eigenvalue weighted by Crippen LogP contribution is 2.53. The van der Waals surface area contributed by atoms with Crippen molar-refractivity contribution >= 4 is 11.9 Å². The lowest BCUT2D eigenvalue weighted by molar-refractivity contribution is -0.0119. The lowest BCUT2D eigenvalue weighted by atomic mass is 9.54. The van der Waals surface area contributed by atoms with Gasteiger partial charge in [0.1, 0.15) is 0 Å². The molecule has 0 unspecified atom stereocenters. The number of nitrogens with one attached hydrogen (secondary N) is 1. The number of hydrogen-bond acceptors (Lipinski definition) is 4. The maximum absolute atomic E-state index is 13.4. The molecule has 1 N–H and O–H groups in total. The quantitative estimate of drug-likeness (QED) is 0.741. The molecule has 1 heterocycles. The predicted octanol–water partition coefficient (Wildman–Crippen LogP) is 4.09. The van der Waals surface area contributed by atoms with Crippen LogP contribution >= 0.6 is 0 Å². The normalized spacial score (nSPS) is 30.9. The van der Waals surface area contributed by atoms with Crippen molar-refractivity contribution in [3.05, 3.63) is 47.3 Å². The van der Waals surface area contributed by atoms with E-state index in [2.05, 4.69) is 10.4 Å². The topological polar surface area (TPSA) is 73.2 Å². The van der Waals surface area contributed by atoms with Gasteiger partial charge < -0.3 is 10.1 Å². The summed E-state index contributed by atoms with van der Waals surface area (Å²) in [7, 11) is 1.38. The van der Waals surface area contributed by atoms with E-state index in [1.165, 1.54) is 39.2 Å². The average molecular weight is 420 g/mol. The molecule has 0 radical (unpaired) electrons. The molecule has 31 heavy (non-hydrogen) atoms. The van der Waals surface area contributed by atoms with Crippen molar-refractivity contribution < 1.29 is 14.3 Å². The molecule has 5 aliphatic rings. The van der Waals surface area contributed by atoms with Crippen molar-refractivity contribution in [2.75, 3.05) is 7.11 Å². The summed E-state index contributed by atoms with van der Waals surface area (Å²) in [5, 5.41) is 8.03. The SMILES string of the molecule is COC(=O)c1ccc(-n2ncc(C(=O)NC3C4CC5CC(C4)CC3C5)c2C2CC2)cc1. The highest BCUT2D eigenvalue weighted by molar-refractivity contribution is 5.96. The van der Waals surface area contributed by atoms with Crippen LogP contribution in [-0.2, 0) is 4.74 Å². The zero-order valence-corrected chi connectivity index (χ0v) is 17.9. The van der Waals surface area contributed by atoms with Crippen LogP contribution in [0.4, 0.5) is 0 Å². The minimum absolute atomic E-state index is 0.0387. The van der Waals surface area contributed by atoms with Crippen molar-refractivity contribution in [2.24, 2.45) is 23.7 Å². The second-order valence-electron chi connectivity index (χ2n) is 10.1. The zero-order valence-electron chi connectivity index (χ0n) is 17.9. The van der Waals surface area contributed by atoms with Crippen LogP contribution in [0.5, 0.6) is 0 Å². The Labute approximate surface area is 182 Å². The lowest BCUT2D eigenvalue weighted by Gasteiger charge is -2.54. The molecule has 5 aliphatic carbocycles. The zero-order chi connectivity index (χ0) is 21.1. The van der Waals surface area contributed by atoms with Crippen LogP contribution in [-0.4, -0.2) is 34.8 Å². The van der Waals surface area contributed by atoms with Gasteiger partial charge in [-0.3, -0.25) is 4.79 Å². The summed E-state index contributed by atoms with van der Waals surface area (Å²) in [6.45, 7) is 0. The molecule has 5 saturated carbocycles. The smallest absolute Gasteiger partial charge is 0.337 e. The number of methoxy groups -OCH3 is 1. The predicted molar refractivity (Wildman–Crippen MR) is 115 cm³/mol. The van der Waals surface area contributed by atoms with E-state index in [0.29, 0.717) is 34.9 Å². The Morgan fingerprint density at radius 3 is 2.23 bits per heavy atom. The highest BCUT2D eigenvalue weighted by Gasteiger charge is 2.49. The van der Waals surface area contributed by atoms with Crippen molar-refractivity contribution in [1.29, 1.82) is 0 Å². The van der Waals surface area contributed by atoms with Crippen LogP contribution < -0.4 is 5.32 Å². The van der Waals surface area contributed by atoms with Crippen LogP contribution in [0.15, 0.2) is 30.5 Å². The van der Waals surface area contributed by atoms with E-state index in [1.807, 2.05) is 16.8 Å². The van der Waals surface area contributed by atoms with E-state index < -0.39 is 0 Å². The molecule has 2 aromatic rings. The summed E-state index contributed by atoms with van der Waals surface area (Å²) in [6, 6.07) is 7.55. The second-order valence-corrected chi connectivity index (χ2v) is 10.1. The summed E-state index contributed by atoms with van der Waals surface area (Å²) < 4.78 is 6.67. The molecule has 162 valence electrons. The number of aromatic nitrogens is 2. The third kappa shape index (κ3) is 3.27. The Morgan fingerprint density at radius 2 is 1.65 bits per heavy atom. The first-order chi connectivity index (χ1) is 15.1. The fourth-order valence-electron chi connectivity index (χ4n) is 6.73. The number of rotatable bonds is 5. The van der Waals surface area contributed by atoms with Crippen LogP contribution in [0.25, 0.3) is 5.69 Å². The fraction of sp³-hybridized carbons (Fsp3) is 0.560. The molecule has 1 aromatic heterocycles. The largest absolute Gasteiger partial charge is 0.465 e. The van der Waals surface area contributed by atoms with E-state index >= 15 is 0 Å². The number of amides is 1. The van der Waals surface area contributed by atoms with Crippen molar-refractivity contribution in [1.82, 2.24) is 15.1 Å². The number of carbonyl (C=O) groups is 2. The van der Waals surface area contributed by atoms with Gasteiger partial charge in [0.05, 0.1) is 35.8 Å². The minimum Gasteiger partial charge on any atom is -0.465 e. The van der Waals surface area contributed by atoms with Crippen molar-refractivity contribution in [3.8, 4) is 5.69 Å². The van der Waals surface area contributed by atoms with E-state index in [4.69, 9.17) is 4.74 Å². The molecule has 6 heteroatoms. The highest BCUT2D eigenvalue weighted by atomic mass is 16.5. The second kappa shape index (κ2) is 7.21. The molecular weight excluding hydrogens is 390 g/mol. The Kier molecular flexibility index (Phi) is 4.44. The molecule has 1 amide bonds. The summed E-state index contributed by atoms with van der Waals surface area (Å²) in [4.78, 5) is 25.1. The molecular formula is C25H29N3O3.